The first-order valence-electron chi connectivity index (χ1n) is 14.5. The summed E-state index contributed by atoms with van der Waals surface area (Å²) >= 11 is 0. The number of nitrogens with two attached hydrogens (primary N) is 1. The SMILES string of the molecule is CCCCCCCCCCCOc1ccccc1CCC(=O)OC[C@@H]1OCC=C[C@@H]1OP(=O)(O)OC[C@H](N)C(=O)O. The van der Waals surface area contributed by atoms with Gasteiger partial charge in [-0.25, -0.2) is 4.57 Å². The van der Waals surface area contributed by atoms with Crippen molar-refractivity contribution in [2.24, 2.45) is 5.73 Å². The lowest BCUT2D eigenvalue weighted by Gasteiger charge is -2.28. The molecule has 11 nitrogen and oxygen atoms in total. The van der Waals surface area contributed by atoms with Crippen molar-refractivity contribution >= 4 is 19.8 Å². The van der Waals surface area contributed by atoms with Crippen molar-refractivity contribution in [3.63, 3.8) is 0 Å². The van der Waals surface area contributed by atoms with Crippen molar-refractivity contribution < 1.29 is 47.4 Å². The summed E-state index contributed by atoms with van der Waals surface area (Å²) < 4.78 is 38.9. The first-order chi connectivity index (χ1) is 19.7. The number of aliphatic carboxylic acids is 1. The summed E-state index contributed by atoms with van der Waals surface area (Å²) in [6.07, 6.45) is 12.9. The minimum atomic E-state index is -4.65. The molecule has 1 aromatic rings. The summed E-state index contributed by atoms with van der Waals surface area (Å²) in [6.45, 7) is 2.13. The average Bonchev–Trinajstić information content (AvgIpc) is 2.95. The zero-order valence-electron chi connectivity index (χ0n) is 24.0. The third-order valence-electron chi connectivity index (χ3n) is 6.57. The smallest absolute Gasteiger partial charge is 0.472 e. The van der Waals surface area contributed by atoms with Crippen LogP contribution < -0.4 is 10.5 Å². The number of para-hydroxylation sites is 1. The Bertz CT molecular complexity index is 988. The Morgan fingerprint density at radius 2 is 1.78 bits per heavy atom. The van der Waals surface area contributed by atoms with E-state index in [0.717, 1.165) is 24.2 Å². The Labute approximate surface area is 242 Å². The molecule has 12 heteroatoms. The molecule has 41 heavy (non-hydrogen) atoms. The fraction of sp³-hybridized carbons (Fsp3) is 0.655. The third kappa shape index (κ3) is 15.0. The van der Waals surface area contributed by atoms with Crippen LogP contribution in [0.5, 0.6) is 5.75 Å². The minimum Gasteiger partial charge on any atom is -0.493 e. The number of hydrogen-bond donors (Lipinski definition) is 3. The second-order valence-corrected chi connectivity index (χ2v) is 11.5. The number of carboxylic acid groups (broad SMARTS) is 1. The van der Waals surface area contributed by atoms with Crippen molar-refractivity contribution in [2.45, 2.75) is 95.8 Å². The van der Waals surface area contributed by atoms with Crippen LogP contribution in [0.25, 0.3) is 0 Å². The maximum absolute atomic E-state index is 12.5. The summed E-state index contributed by atoms with van der Waals surface area (Å²) in [5.74, 6) is -1.09. The number of ether oxygens (including phenoxy) is 3. The average molecular weight is 600 g/mol. The number of esters is 1. The van der Waals surface area contributed by atoms with Gasteiger partial charge in [-0.05, 0) is 24.5 Å². The molecule has 0 bridgehead atoms. The summed E-state index contributed by atoms with van der Waals surface area (Å²) in [4.78, 5) is 33.2. The Morgan fingerprint density at radius 3 is 2.49 bits per heavy atom. The molecule has 1 heterocycles. The van der Waals surface area contributed by atoms with E-state index in [4.69, 9.17) is 29.6 Å². The lowest BCUT2D eigenvalue weighted by molar-refractivity contribution is -0.150. The van der Waals surface area contributed by atoms with Gasteiger partial charge < -0.3 is 29.9 Å². The number of phosphoric acid groups is 1. The Kier molecular flexibility index (Phi) is 16.8. The van der Waals surface area contributed by atoms with Crippen LogP contribution in [0.4, 0.5) is 0 Å². The van der Waals surface area contributed by atoms with Gasteiger partial charge >= 0.3 is 19.8 Å². The molecule has 0 aromatic heterocycles. The molecule has 0 radical (unpaired) electrons. The van der Waals surface area contributed by atoms with Crippen LogP contribution in [0.2, 0.25) is 0 Å². The second-order valence-electron chi connectivity index (χ2n) is 10.0. The van der Waals surface area contributed by atoms with E-state index in [1.54, 1.807) is 6.08 Å². The highest BCUT2D eigenvalue weighted by Crippen LogP contribution is 2.45. The van der Waals surface area contributed by atoms with Crippen molar-refractivity contribution in [2.75, 3.05) is 26.4 Å². The summed E-state index contributed by atoms with van der Waals surface area (Å²) in [6, 6.07) is 6.14. The van der Waals surface area contributed by atoms with Crippen LogP contribution >= 0.6 is 7.82 Å². The molecule has 1 aliphatic heterocycles. The molecule has 0 fully saturated rings. The molecular weight excluding hydrogens is 553 g/mol. The van der Waals surface area contributed by atoms with Gasteiger partial charge in [0, 0.05) is 6.42 Å². The van der Waals surface area contributed by atoms with Gasteiger partial charge in [-0.1, -0.05) is 88.6 Å². The van der Waals surface area contributed by atoms with E-state index in [0.29, 0.717) is 13.0 Å². The number of carbonyl (C=O) groups excluding carboxylic acids is 1. The number of carboxylic acids is 1. The van der Waals surface area contributed by atoms with E-state index in [1.165, 1.54) is 51.0 Å². The molecule has 0 saturated heterocycles. The van der Waals surface area contributed by atoms with E-state index < -0.39 is 44.6 Å². The fourth-order valence-corrected chi connectivity index (χ4v) is 5.12. The topological polar surface area (TPSA) is 164 Å². The zero-order chi connectivity index (χ0) is 29.9. The number of rotatable bonds is 22. The summed E-state index contributed by atoms with van der Waals surface area (Å²) in [7, 11) is -4.65. The molecule has 0 spiro atoms. The summed E-state index contributed by atoms with van der Waals surface area (Å²) in [5.41, 5.74) is 6.20. The molecule has 4 atom stereocenters. The Hall–Kier alpha value is -2.27. The highest BCUT2D eigenvalue weighted by molar-refractivity contribution is 7.47. The van der Waals surface area contributed by atoms with Crippen LogP contribution in [0.3, 0.4) is 0 Å². The molecule has 2 rings (SSSR count). The molecule has 1 unspecified atom stereocenters. The number of benzene rings is 1. The first kappa shape index (κ1) is 34.9. The van der Waals surface area contributed by atoms with Gasteiger partial charge in [-0.2, -0.15) is 0 Å². The van der Waals surface area contributed by atoms with Crippen molar-refractivity contribution in [1.82, 2.24) is 0 Å². The highest BCUT2D eigenvalue weighted by Gasteiger charge is 2.34. The Balaban J connectivity index is 1.71. The standard InChI is InChI=1S/C29H46NO10P/c1-2-3-4-5-6-7-8-9-12-19-36-25-15-11-10-14-23(25)17-18-28(31)38-22-27-26(16-13-20-37-27)40-41(34,35)39-21-24(30)29(32)33/h10-11,13-16,24,26-27H,2-9,12,17-22,30H2,1H3,(H,32,33)(H,34,35)/t24-,26-,27-/m0/s1. The number of aryl methyl sites for hydroxylation is 1. The van der Waals surface area contributed by atoms with Crippen LogP contribution in [-0.2, 0) is 39.1 Å². The molecule has 1 aromatic carbocycles. The molecular formula is C29H46NO10P. The monoisotopic (exact) mass is 599 g/mol. The maximum atomic E-state index is 12.5. The van der Waals surface area contributed by atoms with E-state index in [1.807, 2.05) is 24.3 Å². The van der Waals surface area contributed by atoms with Crippen LogP contribution in [0.1, 0.15) is 76.7 Å². The minimum absolute atomic E-state index is 0.112. The molecule has 0 aliphatic carbocycles. The quantitative estimate of drug-likeness (QED) is 0.0716. The second kappa shape index (κ2) is 19.8. The number of unbranched alkanes of at least 4 members (excludes halogenated alkanes) is 8. The lowest BCUT2D eigenvalue weighted by atomic mass is 10.1. The largest absolute Gasteiger partial charge is 0.493 e. The van der Waals surface area contributed by atoms with Crippen molar-refractivity contribution in [3.8, 4) is 5.75 Å². The van der Waals surface area contributed by atoms with Crippen molar-refractivity contribution in [3.05, 3.63) is 42.0 Å². The predicted molar refractivity (Wildman–Crippen MR) is 154 cm³/mol. The number of carbonyl (C=O) groups is 2. The zero-order valence-corrected chi connectivity index (χ0v) is 24.9. The van der Waals surface area contributed by atoms with E-state index in [2.05, 4.69) is 11.4 Å². The first-order valence-corrected chi connectivity index (χ1v) is 16.0. The van der Waals surface area contributed by atoms with E-state index in [-0.39, 0.29) is 19.6 Å². The summed E-state index contributed by atoms with van der Waals surface area (Å²) in [5, 5.41) is 8.79. The van der Waals surface area contributed by atoms with Gasteiger partial charge in [-0.15, -0.1) is 0 Å². The maximum Gasteiger partial charge on any atom is 0.472 e. The normalized spacial score (nSPS) is 18.9. The number of phosphoric ester groups is 1. The van der Waals surface area contributed by atoms with Gasteiger partial charge in [0.1, 0.15) is 30.6 Å². The Morgan fingerprint density at radius 1 is 1.10 bits per heavy atom. The van der Waals surface area contributed by atoms with Gasteiger partial charge in [0.05, 0.1) is 19.8 Å². The highest BCUT2D eigenvalue weighted by atomic mass is 31.2. The number of hydrogen-bond acceptors (Lipinski definition) is 9. The van der Waals surface area contributed by atoms with E-state index >= 15 is 0 Å². The molecule has 232 valence electrons. The van der Waals surface area contributed by atoms with Crippen molar-refractivity contribution in [1.29, 1.82) is 0 Å². The van der Waals surface area contributed by atoms with E-state index in [9.17, 15) is 19.0 Å². The van der Waals surface area contributed by atoms with Crippen LogP contribution in [0.15, 0.2) is 36.4 Å². The molecule has 0 amide bonds. The lowest BCUT2D eigenvalue weighted by Crippen LogP contribution is -2.38. The van der Waals surface area contributed by atoms with Crippen LogP contribution in [0, 0.1) is 0 Å². The van der Waals surface area contributed by atoms with Gasteiger partial charge in [0.2, 0.25) is 0 Å². The molecule has 0 saturated carbocycles. The van der Waals surface area contributed by atoms with Gasteiger partial charge in [0.15, 0.2) is 0 Å². The van der Waals surface area contributed by atoms with Gasteiger partial charge in [-0.3, -0.25) is 18.6 Å². The predicted octanol–water partition coefficient (Wildman–Crippen LogP) is 4.94. The fourth-order valence-electron chi connectivity index (χ4n) is 4.19. The molecule has 1 aliphatic rings. The molecule has 4 N–H and O–H groups in total. The van der Waals surface area contributed by atoms with Crippen LogP contribution in [-0.4, -0.2) is 66.6 Å². The van der Waals surface area contributed by atoms with Gasteiger partial charge in [0.25, 0.3) is 0 Å². The third-order valence-corrected chi connectivity index (χ3v) is 7.56.